The molecule has 1 heterocycles. The summed E-state index contributed by atoms with van der Waals surface area (Å²) in [6.45, 7) is 8.17. The second kappa shape index (κ2) is 10.4. The van der Waals surface area contributed by atoms with E-state index in [1.54, 1.807) is 0 Å². The fraction of sp³-hybridized carbons (Fsp3) is 0.588. The third-order valence-corrected chi connectivity index (χ3v) is 4.29. The summed E-state index contributed by atoms with van der Waals surface area (Å²) in [4.78, 5) is 7.01. The zero-order valence-corrected chi connectivity index (χ0v) is 15.0. The Bertz CT molecular complexity index is 472. The molecule has 0 radical (unpaired) electrons. The van der Waals surface area contributed by atoms with E-state index >= 15 is 0 Å². The average Bonchev–Trinajstić information content (AvgIpc) is 2.61. The zero-order chi connectivity index (χ0) is 16.3. The topological polar surface area (TPSA) is 48.9 Å². The molecule has 1 aromatic carbocycles. The monoisotopic (exact) mass is 336 g/mol. The first-order valence-electron chi connectivity index (χ1n) is 8.26. The zero-order valence-electron chi connectivity index (χ0n) is 14.2. The molecule has 0 amide bonds. The second-order valence-corrected chi connectivity index (χ2v) is 6.37. The standard InChI is InChI=1S/C17H28N4OS/c1-3-18-17(19-8-13-23-2)20-14-15-4-6-16(7-5-15)21-9-11-22-12-10-21/h4-7H,3,8-14H2,1-2H3,(H2,18,19,20). The molecular weight excluding hydrogens is 308 g/mol. The van der Waals surface area contributed by atoms with Gasteiger partial charge in [0.25, 0.3) is 0 Å². The summed E-state index contributed by atoms with van der Waals surface area (Å²) in [6, 6.07) is 8.70. The van der Waals surface area contributed by atoms with Gasteiger partial charge in [-0.1, -0.05) is 12.1 Å². The number of nitrogens with zero attached hydrogens (tertiary/aromatic N) is 2. The molecule has 1 fully saturated rings. The molecule has 1 aromatic rings. The van der Waals surface area contributed by atoms with Gasteiger partial charge in [0.15, 0.2) is 5.96 Å². The van der Waals surface area contributed by atoms with Gasteiger partial charge in [-0.25, -0.2) is 4.99 Å². The molecule has 128 valence electrons. The number of hydrogen-bond donors (Lipinski definition) is 2. The van der Waals surface area contributed by atoms with E-state index in [2.05, 4.69) is 58.0 Å². The van der Waals surface area contributed by atoms with Crippen molar-refractivity contribution >= 4 is 23.4 Å². The van der Waals surface area contributed by atoms with Crippen LogP contribution in [0, 0.1) is 0 Å². The Morgan fingerprint density at radius 1 is 1.22 bits per heavy atom. The van der Waals surface area contributed by atoms with Gasteiger partial charge in [-0.15, -0.1) is 0 Å². The minimum atomic E-state index is 0.692. The van der Waals surface area contributed by atoms with Crippen LogP contribution < -0.4 is 15.5 Å². The van der Waals surface area contributed by atoms with Gasteiger partial charge in [-0.2, -0.15) is 11.8 Å². The molecule has 1 aliphatic rings. The van der Waals surface area contributed by atoms with Gasteiger partial charge in [0.05, 0.1) is 19.8 Å². The highest BCUT2D eigenvalue weighted by atomic mass is 32.2. The van der Waals surface area contributed by atoms with Crippen molar-refractivity contribution < 1.29 is 4.74 Å². The molecule has 2 rings (SSSR count). The van der Waals surface area contributed by atoms with Gasteiger partial charge >= 0.3 is 0 Å². The second-order valence-electron chi connectivity index (χ2n) is 5.38. The van der Waals surface area contributed by atoms with Crippen molar-refractivity contribution in [2.24, 2.45) is 4.99 Å². The van der Waals surface area contributed by atoms with Crippen LogP contribution in [0.5, 0.6) is 0 Å². The van der Waals surface area contributed by atoms with E-state index in [1.165, 1.54) is 11.3 Å². The van der Waals surface area contributed by atoms with Crippen molar-refractivity contribution in [3.8, 4) is 0 Å². The van der Waals surface area contributed by atoms with E-state index < -0.39 is 0 Å². The van der Waals surface area contributed by atoms with Crippen molar-refractivity contribution in [1.82, 2.24) is 10.6 Å². The first-order chi connectivity index (χ1) is 11.3. The average molecular weight is 337 g/mol. The number of anilines is 1. The highest BCUT2D eigenvalue weighted by molar-refractivity contribution is 7.98. The molecule has 0 spiro atoms. The van der Waals surface area contributed by atoms with Crippen LogP contribution >= 0.6 is 11.8 Å². The van der Waals surface area contributed by atoms with Crippen molar-refractivity contribution in [2.45, 2.75) is 13.5 Å². The summed E-state index contributed by atoms with van der Waals surface area (Å²) in [6.07, 6.45) is 2.11. The number of nitrogens with one attached hydrogen (secondary N) is 2. The normalized spacial score (nSPS) is 15.6. The van der Waals surface area contributed by atoms with E-state index in [0.29, 0.717) is 6.54 Å². The lowest BCUT2D eigenvalue weighted by Gasteiger charge is -2.28. The molecule has 6 heteroatoms. The Hall–Kier alpha value is -1.40. The highest BCUT2D eigenvalue weighted by Crippen LogP contribution is 2.17. The summed E-state index contributed by atoms with van der Waals surface area (Å²) in [5.41, 5.74) is 2.50. The predicted molar refractivity (Wildman–Crippen MR) is 101 cm³/mol. The van der Waals surface area contributed by atoms with E-state index in [1.807, 2.05) is 11.8 Å². The van der Waals surface area contributed by atoms with Crippen molar-refractivity contribution in [3.05, 3.63) is 29.8 Å². The summed E-state index contributed by atoms with van der Waals surface area (Å²) in [5, 5.41) is 6.63. The van der Waals surface area contributed by atoms with Gasteiger partial charge < -0.3 is 20.3 Å². The fourth-order valence-electron chi connectivity index (χ4n) is 2.42. The first kappa shape index (κ1) is 17.9. The summed E-state index contributed by atoms with van der Waals surface area (Å²) >= 11 is 1.83. The molecule has 0 aromatic heterocycles. The van der Waals surface area contributed by atoms with Crippen LogP contribution in [-0.4, -0.2) is 57.4 Å². The Labute approximate surface area is 143 Å². The molecule has 0 saturated carbocycles. The highest BCUT2D eigenvalue weighted by Gasteiger charge is 2.10. The Morgan fingerprint density at radius 2 is 1.96 bits per heavy atom. The largest absolute Gasteiger partial charge is 0.378 e. The molecule has 0 atom stereocenters. The third-order valence-electron chi connectivity index (χ3n) is 3.68. The maximum absolute atomic E-state index is 5.40. The Balaban J connectivity index is 1.88. The number of ether oxygens (including phenoxy) is 1. The lowest BCUT2D eigenvalue weighted by molar-refractivity contribution is 0.122. The molecule has 0 unspecified atom stereocenters. The summed E-state index contributed by atoms with van der Waals surface area (Å²) in [7, 11) is 0. The number of thioether (sulfide) groups is 1. The van der Waals surface area contributed by atoms with Crippen molar-refractivity contribution in [1.29, 1.82) is 0 Å². The van der Waals surface area contributed by atoms with Crippen LogP contribution in [-0.2, 0) is 11.3 Å². The van der Waals surface area contributed by atoms with Gasteiger partial charge in [0, 0.05) is 37.6 Å². The van der Waals surface area contributed by atoms with Crippen LogP contribution in [0.15, 0.2) is 29.3 Å². The van der Waals surface area contributed by atoms with Crippen LogP contribution in [0.2, 0.25) is 0 Å². The van der Waals surface area contributed by atoms with E-state index in [9.17, 15) is 0 Å². The van der Waals surface area contributed by atoms with Crippen LogP contribution in [0.1, 0.15) is 12.5 Å². The number of benzene rings is 1. The minimum absolute atomic E-state index is 0.692. The van der Waals surface area contributed by atoms with Gasteiger partial charge in [-0.3, -0.25) is 0 Å². The lowest BCUT2D eigenvalue weighted by atomic mass is 10.2. The van der Waals surface area contributed by atoms with Gasteiger partial charge in [0.1, 0.15) is 0 Å². The summed E-state index contributed by atoms with van der Waals surface area (Å²) < 4.78 is 5.40. The molecule has 23 heavy (non-hydrogen) atoms. The smallest absolute Gasteiger partial charge is 0.191 e. The molecule has 0 aliphatic carbocycles. The van der Waals surface area contributed by atoms with Crippen molar-refractivity contribution in [3.63, 3.8) is 0 Å². The quantitative estimate of drug-likeness (QED) is 0.453. The lowest BCUT2D eigenvalue weighted by Crippen LogP contribution is -2.38. The maximum atomic E-state index is 5.40. The van der Waals surface area contributed by atoms with Crippen molar-refractivity contribution in [2.75, 3.05) is 56.3 Å². The predicted octanol–water partition coefficient (Wildman–Crippen LogP) is 1.94. The molecule has 0 bridgehead atoms. The number of rotatable bonds is 7. The number of aliphatic imine (C=N–C) groups is 1. The first-order valence-corrected chi connectivity index (χ1v) is 9.65. The Morgan fingerprint density at radius 3 is 2.61 bits per heavy atom. The molecule has 1 saturated heterocycles. The van der Waals surface area contributed by atoms with Crippen LogP contribution in [0.4, 0.5) is 5.69 Å². The molecular formula is C17H28N4OS. The van der Waals surface area contributed by atoms with Crippen LogP contribution in [0.3, 0.4) is 0 Å². The third kappa shape index (κ3) is 6.31. The molecule has 2 N–H and O–H groups in total. The minimum Gasteiger partial charge on any atom is -0.378 e. The SMILES string of the molecule is CCNC(=NCc1ccc(N2CCOCC2)cc1)NCCSC. The number of hydrogen-bond acceptors (Lipinski definition) is 4. The van der Waals surface area contributed by atoms with E-state index in [0.717, 1.165) is 51.1 Å². The fourth-order valence-corrected chi connectivity index (χ4v) is 2.72. The summed E-state index contributed by atoms with van der Waals surface area (Å²) in [5.74, 6) is 1.97. The van der Waals surface area contributed by atoms with E-state index in [-0.39, 0.29) is 0 Å². The molecule has 1 aliphatic heterocycles. The van der Waals surface area contributed by atoms with Gasteiger partial charge in [0.2, 0.25) is 0 Å². The van der Waals surface area contributed by atoms with Gasteiger partial charge in [-0.05, 0) is 30.9 Å². The van der Waals surface area contributed by atoms with Crippen LogP contribution in [0.25, 0.3) is 0 Å². The molecule has 5 nitrogen and oxygen atoms in total. The number of guanidine groups is 1. The maximum Gasteiger partial charge on any atom is 0.191 e. The number of morpholine rings is 1. The Kier molecular flexibility index (Phi) is 8.11. The van der Waals surface area contributed by atoms with E-state index in [4.69, 9.17) is 4.74 Å².